The number of ether oxygens (including phenoxy) is 2. The Hall–Kier alpha value is -2.63. The third-order valence-corrected chi connectivity index (χ3v) is 4.64. The Bertz CT molecular complexity index is 712. The molecule has 2 N–H and O–H groups in total. The number of hydrogen-bond donors (Lipinski definition) is 2. The van der Waals surface area contributed by atoms with Gasteiger partial charge in [0, 0.05) is 31.8 Å². The van der Waals surface area contributed by atoms with E-state index in [1.807, 2.05) is 12.1 Å². The molecule has 1 aromatic carbocycles. The van der Waals surface area contributed by atoms with Crippen LogP contribution in [0.2, 0.25) is 0 Å². The lowest BCUT2D eigenvalue weighted by molar-refractivity contribution is 0.0157. The highest BCUT2D eigenvalue weighted by Crippen LogP contribution is 2.11. The molecule has 0 radical (unpaired) electrons. The summed E-state index contributed by atoms with van der Waals surface area (Å²) in [6, 6.07) is 8.94. The Kier molecular flexibility index (Phi) is 6.63. The molecule has 2 aliphatic heterocycles. The van der Waals surface area contributed by atoms with Crippen molar-refractivity contribution in [2.45, 2.75) is 31.6 Å². The predicted molar refractivity (Wildman–Crippen MR) is 96.9 cm³/mol. The molecular formula is C19H24N4O4. The van der Waals surface area contributed by atoms with Gasteiger partial charge in [-0.2, -0.15) is 5.26 Å². The molecule has 3 amide bonds. The van der Waals surface area contributed by atoms with Crippen molar-refractivity contribution in [1.82, 2.24) is 15.5 Å². The van der Waals surface area contributed by atoms with Crippen molar-refractivity contribution in [1.29, 1.82) is 5.26 Å². The Labute approximate surface area is 158 Å². The number of rotatable bonds is 5. The standard InChI is InChI=1S/C19H24N4O4/c20-10-17-13-23(6-8-27-17)19(25)22-11-14-3-1-4-15(9-14)18(24)21-12-16-5-2-7-26-16/h1,3-4,9,16-17H,2,5-8,11-13H2,(H,21,24)(H,22,25). The summed E-state index contributed by atoms with van der Waals surface area (Å²) in [7, 11) is 0. The molecular weight excluding hydrogens is 348 g/mol. The number of hydrogen-bond acceptors (Lipinski definition) is 5. The van der Waals surface area contributed by atoms with Gasteiger partial charge in [-0.05, 0) is 30.5 Å². The summed E-state index contributed by atoms with van der Waals surface area (Å²) in [5, 5.41) is 14.6. The minimum absolute atomic E-state index is 0.0992. The summed E-state index contributed by atoms with van der Waals surface area (Å²) in [6.07, 6.45) is 1.52. The molecule has 0 saturated carbocycles. The van der Waals surface area contributed by atoms with E-state index in [0.29, 0.717) is 31.8 Å². The first-order valence-electron chi connectivity index (χ1n) is 9.18. The normalized spacial score (nSPS) is 22.1. The summed E-state index contributed by atoms with van der Waals surface area (Å²) in [6.45, 7) is 2.64. The Morgan fingerprint density at radius 1 is 1.26 bits per heavy atom. The molecule has 2 aliphatic rings. The fraction of sp³-hybridized carbons (Fsp3) is 0.526. The molecule has 2 atom stereocenters. The minimum Gasteiger partial charge on any atom is -0.376 e. The van der Waals surface area contributed by atoms with Crippen LogP contribution in [0.1, 0.15) is 28.8 Å². The van der Waals surface area contributed by atoms with Crippen LogP contribution in [0.25, 0.3) is 0 Å². The van der Waals surface area contributed by atoms with Crippen LogP contribution in [0.4, 0.5) is 4.79 Å². The number of morpholine rings is 1. The predicted octanol–water partition coefficient (Wildman–Crippen LogP) is 1.03. The number of nitriles is 1. The van der Waals surface area contributed by atoms with Crippen LogP contribution in [0.3, 0.4) is 0 Å². The first-order valence-corrected chi connectivity index (χ1v) is 9.18. The second-order valence-corrected chi connectivity index (χ2v) is 6.64. The zero-order valence-corrected chi connectivity index (χ0v) is 15.1. The van der Waals surface area contributed by atoms with Gasteiger partial charge in [-0.15, -0.1) is 0 Å². The third-order valence-electron chi connectivity index (χ3n) is 4.64. The van der Waals surface area contributed by atoms with Crippen LogP contribution in [-0.4, -0.2) is 61.9 Å². The van der Waals surface area contributed by atoms with Crippen LogP contribution < -0.4 is 10.6 Å². The fourth-order valence-electron chi connectivity index (χ4n) is 3.14. The average molecular weight is 372 g/mol. The average Bonchev–Trinajstić information content (AvgIpc) is 3.24. The molecule has 3 rings (SSSR count). The molecule has 0 spiro atoms. The Balaban J connectivity index is 1.49. The van der Waals surface area contributed by atoms with Gasteiger partial charge in [0.1, 0.15) is 0 Å². The van der Waals surface area contributed by atoms with Crippen LogP contribution in [0.5, 0.6) is 0 Å². The highest BCUT2D eigenvalue weighted by Gasteiger charge is 2.23. The quantitative estimate of drug-likeness (QED) is 0.803. The van der Waals surface area contributed by atoms with Gasteiger partial charge in [-0.3, -0.25) is 4.79 Å². The molecule has 8 nitrogen and oxygen atoms in total. The lowest BCUT2D eigenvalue weighted by atomic mass is 10.1. The largest absolute Gasteiger partial charge is 0.376 e. The summed E-state index contributed by atoms with van der Waals surface area (Å²) in [4.78, 5) is 26.1. The van der Waals surface area contributed by atoms with E-state index in [-0.39, 0.29) is 24.6 Å². The van der Waals surface area contributed by atoms with Crippen LogP contribution in [0, 0.1) is 11.3 Å². The number of carbonyl (C=O) groups is 2. The van der Waals surface area contributed by atoms with Crippen molar-refractivity contribution >= 4 is 11.9 Å². The zero-order valence-electron chi connectivity index (χ0n) is 15.1. The van der Waals surface area contributed by atoms with Gasteiger partial charge in [0.05, 0.1) is 25.3 Å². The smallest absolute Gasteiger partial charge is 0.317 e. The topological polar surface area (TPSA) is 104 Å². The molecule has 0 aliphatic carbocycles. The maximum Gasteiger partial charge on any atom is 0.317 e. The number of benzene rings is 1. The number of urea groups is 1. The number of nitrogens with zero attached hydrogens (tertiary/aromatic N) is 2. The second kappa shape index (κ2) is 9.35. The van der Waals surface area contributed by atoms with Gasteiger partial charge >= 0.3 is 6.03 Å². The molecule has 2 saturated heterocycles. The van der Waals surface area contributed by atoms with Crippen LogP contribution >= 0.6 is 0 Å². The molecule has 0 aromatic heterocycles. The van der Waals surface area contributed by atoms with Gasteiger partial charge in [-0.25, -0.2) is 4.79 Å². The minimum atomic E-state index is -0.583. The highest BCUT2D eigenvalue weighted by molar-refractivity contribution is 5.94. The van der Waals surface area contributed by atoms with E-state index >= 15 is 0 Å². The van der Waals surface area contributed by atoms with Gasteiger partial charge in [-0.1, -0.05) is 12.1 Å². The summed E-state index contributed by atoms with van der Waals surface area (Å²) >= 11 is 0. The summed E-state index contributed by atoms with van der Waals surface area (Å²) in [5.74, 6) is -0.149. The molecule has 27 heavy (non-hydrogen) atoms. The molecule has 2 heterocycles. The van der Waals surface area contributed by atoms with Crippen molar-refractivity contribution in [3.8, 4) is 6.07 Å². The number of carbonyl (C=O) groups excluding carboxylic acids is 2. The Morgan fingerprint density at radius 3 is 2.93 bits per heavy atom. The zero-order chi connectivity index (χ0) is 19.1. The lowest BCUT2D eigenvalue weighted by Gasteiger charge is -2.29. The van der Waals surface area contributed by atoms with Gasteiger partial charge in [0.15, 0.2) is 6.10 Å². The van der Waals surface area contributed by atoms with E-state index in [4.69, 9.17) is 14.7 Å². The first kappa shape index (κ1) is 19.1. The maximum absolute atomic E-state index is 12.3. The van der Waals surface area contributed by atoms with E-state index in [0.717, 1.165) is 25.0 Å². The summed E-state index contributed by atoms with van der Waals surface area (Å²) < 4.78 is 10.7. The molecule has 8 heteroatoms. The van der Waals surface area contributed by atoms with E-state index in [9.17, 15) is 9.59 Å². The van der Waals surface area contributed by atoms with Crippen molar-refractivity contribution < 1.29 is 19.1 Å². The second-order valence-electron chi connectivity index (χ2n) is 6.64. The van der Waals surface area contributed by atoms with Gasteiger partial charge < -0.3 is 25.0 Å². The highest BCUT2D eigenvalue weighted by atomic mass is 16.5. The maximum atomic E-state index is 12.3. The van der Waals surface area contributed by atoms with Crippen molar-refractivity contribution in [3.63, 3.8) is 0 Å². The fourth-order valence-corrected chi connectivity index (χ4v) is 3.14. The molecule has 144 valence electrons. The monoisotopic (exact) mass is 372 g/mol. The molecule has 0 bridgehead atoms. The Morgan fingerprint density at radius 2 is 2.15 bits per heavy atom. The van der Waals surface area contributed by atoms with E-state index in [1.165, 1.54) is 0 Å². The number of nitrogens with one attached hydrogen (secondary N) is 2. The van der Waals surface area contributed by atoms with E-state index < -0.39 is 6.10 Å². The molecule has 2 unspecified atom stereocenters. The first-order chi connectivity index (χ1) is 13.2. The van der Waals surface area contributed by atoms with E-state index in [1.54, 1.807) is 23.1 Å². The van der Waals surface area contributed by atoms with Crippen molar-refractivity contribution in [2.24, 2.45) is 0 Å². The number of amides is 3. The van der Waals surface area contributed by atoms with E-state index in [2.05, 4.69) is 10.6 Å². The van der Waals surface area contributed by atoms with Gasteiger partial charge in [0.25, 0.3) is 5.91 Å². The van der Waals surface area contributed by atoms with Crippen molar-refractivity contribution in [2.75, 3.05) is 32.8 Å². The molecule has 2 fully saturated rings. The SMILES string of the molecule is N#CC1CN(C(=O)NCc2cccc(C(=O)NCC3CCCO3)c2)CCO1. The van der Waals surface area contributed by atoms with Crippen LogP contribution in [0.15, 0.2) is 24.3 Å². The van der Waals surface area contributed by atoms with Crippen LogP contribution in [-0.2, 0) is 16.0 Å². The lowest BCUT2D eigenvalue weighted by Crippen LogP contribution is -2.49. The van der Waals surface area contributed by atoms with Crippen molar-refractivity contribution in [3.05, 3.63) is 35.4 Å². The molecule has 1 aromatic rings. The third kappa shape index (κ3) is 5.42. The summed E-state index contributed by atoms with van der Waals surface area (Å²) in [5.41, 5.74) is 1.38. The van der Waals surface area contributed by atoms with Gasteiger partial charge in [0.2, 0.25) is 0 Å².